The molecule has 0 atom stereocenters. The number of aliphatic carboxylic acids is 1. The van der Waals surface area contributed by atoms with Crippen LogP contribution in [-0.4, -0.2) is 5.97 Å². The van der Waals surface area contributed by atoms with Crippen molar-refractivity contribution in [2.45, 2.75) is 0 Å². The van der Waals surface area contributed by atoms with Crippen LogP contribution >= 0.6 is 0 Å². The third kappa shape index (κ3) is 9.27. The van der Waals surface area contributed by atoms with E-state index in [-0.39, 0.29) is 17.4 Å². The molecule has 34 valence electrons. The first kappa shape index (κ1) is 9.22. The van der Waals surface area contributed by atoms with Crippen LogP contribution < -0.4 is 5.11 Å². The third-order valence-corrected chi connectivity index (χ3v) is 0.167. The molecule has 0 saturated carbocycles. The van der Waals surface area contributed by atoms with Crippen molar-refractivity contribution < 1.29 is 27.3 Å². The van der Waals surface area contributed by atoms with Crippen molar-refractivity contribution >= 4 is 5.97 Å². The normalized spacial score (nSPS) is 5.33. The number of carboxylic acid groups (broad SMARTS) is 1. The standard InChI is InChI=1S/C3H4O2.Cr/c1-2-3(4)5;/h2H,1H2,(H,4,5);/p-1. The first-order valence-corrected chi connectivity index (χ1v) is 1.11. The molecule has 0 rings (SSSR count). The Hall–Kier alpha value is -0.258. The van der Waals surface area contributed by atoms with Gasteiger partial charge in [-0.15, -0.1) is 0 Å². The van der Waals surface area contributed by atoms with Crippen molar-refractivity contribution in [3.05, 3.63) is 12.7 Å². The zero-order valence-corrected chi connectivity index (χ0v) is 4.28. The summed E-state index contributed by atoms with van der Waals surface area (Å²) in [6.07, 6.45) is 0.722. The van der Waals surface area contributed by atoms with E-state index in [1.807, 2.05) is 0 Å². The van der Waals surface area contributed by atoms with E-state index in [1.165, 1.54) is 0 Å². The van der Waals surface area contributed by atoms with E-state index in [1.54, 1.807) is 0 Å². The number of carboxylic acids is 1. The molecule has 0 unspecified atom stereocenters. The summed E-state index contributed by atoms with van der Waals surface area (Å²) >= 11 is 0. The van der Waals surface area contributed by atoms with Crippen LogP contribution in [-0.2, 0) is 22.2 Å². The molecule has 2 nitrogen and oxygen atoms in total. The Kier molecular flexibility index (Phi) is 7.29. The Morgan fingerprint density at radius 1 is 1.83 bits per heavy atom. The van der Waals surface area contributed by atoms with E-state index >= 15 is 0 Å². The van der Waals surface area contributed by atoms with Gasteiger partial charge >= 0.3 is 0 Å². The molecule has 0 spiro atoms. The number of hydrogen-bond donors (Lipinski definition) is 0. The summed E-state index contributed by atoms with van der Waals surface area (Å²) in [6, 6.07) is 0. The van der Waals surface area contributed by atoms with Crippen molar-refractivity contribution in [2.75, 3.05) is 0 Å². The van der Waals surface area contributed by atoms with Crippen molar-refractivity contribution in [1.29, 1.82) is 0 Å². The Morgan fingerprint density at radius 3 is 2.00 bits per heavy atom. The third-order valence-electron chi connectivity index (χ3n) is 0.167. The van der Waals surface area contributed by atoms with Crippen molar-refractivity contribution in [3.63, 3.8) is 0 Å². The molecule has 0 bridgehead atoms. The van der Waals surface area contributed by atoms with Gasteiger partial charge in [-0.25, -0.2) is 0 Å². The van der Waals surface area contributed by atoms with Crippen LogP contribution in [0.4, 0.5) is 0 Å². The maximum atomic E-state index is 9.14. The van der Waals surface area contributed by atoms with Gasteiger partial charge in [0.1, 0.15) is 0 Å². The van der Waals surface area contributed by atoms with Gasteiger partial charge in [0.2, 0.25) is 0 Å². The van der Waals surface area contributed by atoms with Crippen LogP contribution in [0.2, 0.25) is 0 Å². The van der Waals surface area contributed by atoms with E-state index in [0.717, 1.165) is 6.08 Å². The Morgan fingerprint density at radius 2 is 2.00 bits per heavy atom. The van der Waals surface area contributed by atoms with Crippen LogP contribution in [0, 0.1) is 0 Å². The zero-order valence-electron chi connectivity index (χ0n) is 3.01. The van der Waals surface area contributed by atoms with Crippen LogP contribution in [0.25, 0.3) is 0 Å². The fraction of sp³-hybridized carbons (Fsp3) is 0. The first-order chi connectivity index (χ1) is 2.27. The van der Waals surface area contributed by atoms with Gasteiger partial charge in [-0.1, -0.05) is 6.58 Å². The van der Waals surface area contributed by atoms with Gasteiger partial charge in [0, 0.05) is 17.4 Å². The second-order valence-corrected chi connectivity index (χ2v) is 0.523. The second kappa shape index (κ2) is 4.74. The molecule has 0 aromatic carbocycles. The van der Waals surface area contributed by atoms with Crippen LogP contribution in [0.15, 0.2) is 12.7 Å². The molecule has 0 aromatic rings. The first-order valence-electron chi connectivity index (χ1n) is 1.11. The van der Waals surface area contributed by atoms with E-state index in [2.05, 4.69) is 6.58 Å². The van der Waals surface area contributed by atoms with Crippen LogP contribution in [0.5, 0.6) is 0 Å². The molecule has 6 heavy (non-hydrogen) atoms. The zero-order chi connectivity index (χ0) is 4.28. The molecule has 0 N–H and O–H groups in total. The van der Waals surface area contributed by atoms with Gasteiger partial charge in [-0.3, -0.25) is 0 Å². The van der Waals surface area contributed by atoms with E-state index in [4.69, 9.17) is 9.90 Å². The molecule has 3 heteroatoms. The Labute approximate surface area is 46.6 Å². The van der Waals surface area contributed by atoms with E-state index in [9.17, 15) is 0 Å². The topological polar surface area (TPSA) is 40.1 Å². The Bertz CT molecular complexity index is 59.8. The quantitative estimate of drug-likeness (QED) is 0.416. The van der Waals surface area contributed by atoms with Gasteiger partial charge in [0.05, 0.1) is 5.97 Å². The summed E-state index contributed by atoms with van der Waals surface area (Å²) in [6.45, 7) is 2.90. The van der Waals surface area contributed by atoms with Crippen LogP contribution in [0.3, 0.4) is 0 Å². The van der Waals surface area contributed by atoms with Gasteiger partial charge in [-0.05, 0) is 6.08 Å². The summed E-state index contributed by atoms with van der Waals surface area (Å²) in [5.41, 5.74) is 0. The van der Waals surface area contributed by atoms with E-state index in [0.29, 0.717) is 0 Å². The minimum absolute atomic E-state index is 0. The summed E-state index contributed by atoms with van der Waals surface area (Å²) in [4.78, 5) is 9.14. The fourth-order valence-electron chi connectivity index (χ4n) is 0. The summed E-state index contributed by atoms with van der Waals surface area (Å²) in [5, 5.41) is 9.14. The minimum atomic E-state index is -1.23. The molecule has 0 heterocycles. The molecule has 0 aromatic heterocycles. The maximum absolute atomic E-state index is 9.14. The number of carbonyl (C=O) groups is 1. The SMILES string of the molecule is C=CC(=O)[O-].[Cr]. The molecule has 0 radical (unpaired) electrons. The summed E-state index contributed by atoms with van der Waals surface area (Å²) < 4.78 is 0. The fourth-order valence-corrected chi connectivity index (χ4v) is 0. The second-order valence-electron chi connectivity index (χ2n) is 0.523. The average molecular weight is 123 g/mol. The maximum Gasteiger partial charge on any atom is 0.0636 e. The van der Waals surface area contributed by atoms with Crippen molar-refractivity contribution in [3.8, 4) is 0 Å². The number of carbonyl (C=O) groups excluding carboxylic acids is 1. The Balaban J connectivity index is 0. The largest absolute Gasteiger partial charge is 0.545 e. The molecule has 0 aliphatic carbocycles. The summed E-state index contributed by atoms with van der Waals surface area (Å²) in [5.74, 6) is -1.23. The molecule has 0 fully saturated rings. The van der Waals surface area contributed by atoms with E-state index < -0.39 is 5.97 Å². The van der Waals surface area contributed by atoms with Gasteiger partial charge < -0.3 is 9.90 Å². The average Bonchev–Trinajstić information content (AvgIpc) is 1.38. The van der Waals surface area contributed by atoms with Gasteiger partial charge in [0.25, 0.3) is 0 Å². The van der Waals surface area contributed by atoms with Crippen molar-refractivity contribution in [1.82, 2.24) is 0 Å². The molecule has 0 aliphatic rings. The molecule has 0 aliphatic heterocycles. The monoisotopic (exact) mass is 123 g/mol. The molecule has 0 amide bonds. The predicted octanol–water partition coefficient (Wildman–Crippen LogP) is -1.08. The van der Waals surface area contributed by atoms with Crippen molar-refractivity contribution in [2.24, 2.45) is 0 Å². The van der Waals surface area contributed by atoms with Gasteiger partial charge in [0.15, 0.2) is 0 Å². The minimum Gasteiger partial charge on any atom is -0.545 e. The van der Waals surface area contributed by atoms with Crippen LogP contribution in [0.1, 0.15) is 0 Å². The number of hydrogen-bond acceptors (Lipinski definition) is 2. The number of rotatable bonds is 1. The van der Waals surface area contributed by atoms with Gasteiger partial charge in [-0.2, -0.15) is 0 Å². The summed E-state index contributed by atoms with van der Waals surface area (Å²) in [7, 11) is 0. The smallest absolute Gasteiger partial charge is 0.0636 e. The molecule has 0 saturated heterocycles. The molecular formula is C3H3CrO2-. The molecular weight excluding hydrogens is 120 g/mol. The predicted molar refractivity (Wildman–Crippen MR) is 15.2 cm³/mol.